The van der Waals surface area contributed by atoms with E-state index in [1.807, 2.05) is 59.6 Å². The fourth-order valence-electron chi connectivity index (χ4n) is 3.65. The van der Waals surface area contributed by atoms with Crippen LogP contribution in [-0.4, -0.2) is 28.9 Å². The Labute approximate surface area is 159 Å². The Balaban J connectivity index is 1.53. The van der Waals surface area contributed by atoms with Crippen LogP contribution in [0.25, 0.3) is 0 Å². The van der Waals surface area contributed by atoms with Gasteiger partial charge in [0.05, 0.1) is 19.1 Å². The normalized spacial score (nSPS) is 15.9. The van der Waals surface area contributed by atoms with Gasteiger partial charge in [-0.3, -0.25) is 9.78 Å². The summed E-state index contributed by atoms with van der Waals surface area (Å²) in [6.45, 7) is 1.08. The minimum atomic E-state index is -0.0899. The van der Waals surface area contributed by atoms with E-state index in [2.05, 4.69) is 23.2 Å². The first kappa shape index (κ1) is 17.3. The molecular formula is C23H22N2O2. The van der Waals surface area contributed by atoms with Crippen LogP contribution in [0.3, 0.4) is 0 Å². The maximum absolute atomic E-state index is 13.0. The standard InChI is InChI=1S/C23H22N2O2/c26-22(13-16-27-20-9-2-1-3-10-20)25-15-12-18-7-4-5-11-21(18)23(25)19-8-6-14-24-17-19/h1-11,14,17,23H,12-13,15-16H2. The second-order valence-corrected chi connectivity index (χ2v) is 6.64. The highest BCUT2D eigenvalue weighted by molar-refractivity contribution is 5.78. The van der Waals surface area contributed by atoms with Crippen LogP contribution < -0.4 is 4.74 Å². The number of ether oxygens (including phenoxy) is 1. The van der Waals surface area contributed by atoms with Crippen molar-refractivity contribution in [3.05, 3.63) is 95.8 Å². The lowest BCUT2D eigenvalue weighted by Gasteiger charge is -2.37. The average molecular weight is 358 g/mol. The number of fused-ring (bicyclic) bond motifs is 1. The van der Waals surface area contributed by atoms with Crippen LogP contribution in [0.1, 0.15) is 29.2 Å². The fourth-order valence-corrected chi connectivity index (χ4v) is 3.65. The third-order valence-corrected chi connectivity index (χ3v) is 4.93. The topological polar surface area (TPSA) is 42.4 Å². The monoisotopic (exact) mass is 358 g/mol. The van der Waals surface area contributed by atoms with Gasteiger partial charge in [-0.2, -0.15) is 0 Å². The van der Waals surface area contributed by atoms with Gasteiger partial charge in [-0.25, -0.2) is 0 Å². The molecule has 27 heavy (non-hydrogen) atoms. The van der Waals surface area contributed by atoms with Crippen LogP contribution in [0.5, 0.6) is 5.75 Å². The highest BCUT2D eigenvalue weighted by atomic mass is 16.5. The van der Waals surface area contributed by atoms with Gasteiger partial charge in [-0.1, -0.05) is 48.5 Å². The Hall–Kier alpha value is -3.14. The molecule has 0 radical (unpaired) electrons. The Kier molecular flexibility index (Phi) is 5.15. The molecular weight excluding hydrogens is 336 g/mol. The van der Waals surface area contributed by atoms with Gasteiger partial charge in [-0.15, -0.1) is 0 Å². The summed E-state index contributed by atoms with van der Waals surface area (Å²) in [6, 6.07) is 21.8. The molecule has 1 atom stereocenters. The summed E-state index contributed by atoms with van der Waals surface area (Å²) < 4.78 is 5.72. The zero-order chi connectivity index (χ0) is 18.5. The molecule has 1 unspecified atom stereocenters. The van der Waals surface area contributed by atoms with E-state index in [0.29, 0.717) is 19.6 Å². The molecule has 0 bridgehead atoms. The van der Waals surface area contributed by atoms with Crippen molar-refractivity contribution in [1.82, 2.24) is 9.88 Å². The van der Waals surface area contributed by atoms with Gasteiger partial charge in [0.2, 0.25) is 5.91 Å². The zero-order valence-electron chi connectivity index (χ0n) is 15.1. The largest absolute Gasteiger partial charge is 0.493 e. The van der Waals surface area contributed by atoms with Crippen molar-refractivity contribution < 1.29 is 9.53 Å². The molecule has 2 heterocycles. The van der Waals surface area contributed by atoms with Crippen LogP contribution in [0.15, 0.2) is 79.1 Å². The molecule has 0 saturated heterocycles. The van der Waals surface area contributed by atoms with Gasteiger partial charge in [-0.05, 0) is 41.3 Å². The van der Waals surface area contributed by atoms with E-state index in [4.69, 9.17) is 4.74 Å². The Morgan fingerprint density at radius 3 is 2.67 bits per heavy atom. The molecule has 1 amide bonds. The van der Waals surface area contributed by atoms with Gasteiger partial charge < -0.3 is 9.64 Å². The summed E-state index contributed by atoms with van der Waals surface area (Å²) in [5.74, 6) is 0.896. The Bertz CT molecular complexity index is 897. The maximum atomic E-state index is 13.0. The summed E-state index contributed by atoms with van der Waals surface area (Å²) >= 11 is 0. The lowest BCUT2D eigenvalue weighted by atomic mass is 9.88. The van der Waals surface area contributed by atoms with Crippen LogP contribution >= 0.6 is 0 Å². The third kappa shape index (κ3) is 3.85. The van der Waals surface area contributed by atoms with Crippen molar-refractivity contribution in [1.29, 1.82) is 0 Å². The van der Waals surface area contributed by atoms with Crippen LogP contribution in [-0.2, 0) is 11.2 Å². The van der Waals surface area contributed by atoms with Crippen molar-refractivity contribution in [3.8, 4) is 5.75 Å². The quantitative estimate of drug-likeness (QED) is 0.692. The predicted octanol–water partition coefficient (Wildman–Crippen LogP) is 4.02. The number of benzene rings is 2. The Morgan fingerprint density at radius 1 is 1.04 bits per heavy atom. The van der Waals surface area contributed by atoms with E-state index in [1.54, 1.807) is 6.20 Å². The van der Waals surface area contributed by atoms with Gasteiger partial charge in [0, 0.05) is 18.9 Å². The molecule has 4 heteroatoms. The van der Waals surface area contributed by atoms with Crippen molar-refractivity contribution >= 4 is 5.91 Å². The van der Waals surface area contributed by atoms with Crippen molar-refractivity contribution in [3.63, 3.8) is 0 Å². The van der Waals surface area contributed by atoms with E-state index in [1.165, 1.54) is 11.1 Å². The average Bonchev–Trinajstić information content (AvgIpc) is 2.74. The predicted molar refractivity (Wildman–Crippen MR) is 104 cm³/mol. The van der Waals surface area contributed by atoms with Gasteiger partial charge in [0.25, 0.3) is 0 Å². The first-order chi connectivity index (χ1) is 13.3. The molecule has 136 valence electrons. The van der Waals surface area contributed by atoms with Crippen molar-refractivity contribution in [2.75, 3.05) is 13.2 Å². The van der Waals surface area contributed by atoms with Crippen molar-refractivity contribution in [2.24, 2.45) is 0 Å². The summed E-state index contributed by atoms with van der Waals surface area (Å²) in [5, 5.41) is 0. The zero-order valence-corrected chi connectivity index (χ0v) is 15.1. The van der Waals surface area contributed by atoms with E-state index in [9.17, 15) is 4.79 Å². The number of hydrogen-bond donors (Lipinski definition) is 0. The number of amides is 1. The van der Waals surface area contributed by atoms with Crippen LogP contribution in [0.2, 0.25) is 0 Å². The van der Waals surface area contributed by atoms with Crippen LogP contribution in [0, 0.1) is 0 Å². The second kappa shape index (κ2) is 8.04. The van der Waals surface area contributed by atoms with E-state index in [-0.39, 0.29) is 11.9 Å². The molecule has 0 spiro atoms. The molecule has 2 aromatic carbocycles. The number of pyridine rings is 1. The SMILES string of the molecule is O=C(CCOc1ccccc1)N1CCc2ccccc2C1c1cccnc1. The number of nitrogens with zero attached hydrogens (tertiary/aromatic N) is 2. The molecule has 3 aromatic rings. The molecule has 0 N–H and O–H groups in total. The first-order valence-electron chi connectivity index (χ1n) is 9.28. The summed E-state index contributed by atoms with van der Waals surface area (Å²) in [5.41, 5.74) is 3.53. The highest BCUT2D eigenvalue weighted by Gasteiger charge is 2.31. The van der Waals surface area contributed by atoms with Gasteiger partial charge >= 0.3 is 0 Å². The van der Waals surface area contributed by atoms with E-state index in [0.717, 1.165) is 17.7 Å². The second-order valence-electron chi connectivity index (χ2n) is 6.64. The summed E-state index contributed by atoms with van der Waals surface area (Å²) in [4.78, 5) is 19.2. The molecule has 4 rings (SSSR count). The van der Waals surface area contributed by atoms with E-state index >= 15 is 0 Å². The fraction of sp³-hybridized carbons (Fsp3) is 0.217. The van der Waals surface area contributed by atoms with Crippen LogP contribution in [0.4, 0.5) is 0 Å². The molecule has 1 aromatic heterocycles. The minimum absolute atomic E-state index is 0.0899. The summed E-state index contributed by atoms with van der Waals surface area (Å²) in [6.07, 6.45) is 4.84. The molecule has 1 aliphatic heterocycles. The Morgan fingerprint density at radius 2 is 1.85 bits per heavy atom. The number of aromatic nitrogens is 1. The molecule has 0 aliphatic carbocycles. The van der Waals surface area contributed by atoms with Gasteiger partial charge in [0.15, 0.2) is 0 Å². The summed E-state index contributed by atoms with van der Waals surface area (Å²) in [7, 11) is 0. The molecule has 4 nitrogen and oxygen atoms in total. The number of carbonyl (C=O) groups excluding carboxylic acids is 1. The lowest BCUT2D eigenvalue weighted by Crippen LogP contribution is -2.41. The number of rotatable bonds is 5. The van der Waals surface area contributed by atoms with E-state index < -0.39 is 0 Å². The minimum Gasteiger partial charge on any atom is -0.493 e. The maximum Gasteiger partial charge on any atom is 0.226 e. The third-order valence-electron chi connectivity index (χ3n) is 4.93. The lowest BCUT2D eigenvalue weighted by molar-refractivity contribution is -0.133. The number of hydrogen-bond acceptors (Lipinski definition) is 3. The molecule has 0 fully saturated rings. The van der Waals surface area contributed by atoms with Crippen molar-refractivity contribution in [2.45, 2.75) is 18.9 Å². The first-order valence-corrected chi connectivity index (χ1v) is 9.28. The number of para-hydroxylation sites is 1. The highest BCUT2D eigenvalue weighted by Crippen LogP contribution is 2.35. The molecule has 1 aliphatic rings. The van der Waals surface area contributed by atoms with Gasteiger partial charge in [0.1, 0.15) is 5.75 Å². The number of carbonyl (C=O) groups is 1. The molecule has 0 saturated carbocycles. The smallest absolute Gasteiger partial charge is 0.226 e.